The van der Waals surface area contributed by atoms with Crippen LogP contribution in [0.4, 0.5) is 0 Å². The van der Waals surface area contributed by atoms with E-state index in [9.17, 15) is 4.79 Å². The van der Waals surface area contributed by atoms with Crippen molar-refractivity contribution in [2.45, 2.75) is 38.5 Å². The highest BCUT2D eigenvalue weighted by Crippen LogP contribution is 2.33. The fraction of sp³-hybridized carbons (Fsp3) is 0.276. The normalized spacial score (nSPS) is 15.3. The van der Waals surface area contributed by atoms with Gasteiger partial charge in [-0.3, -0.25) is 9.98 Å². The van der Waals surface area contributed by atoms with Crippen molar-refractivity contribution in [3.8, 4) is 5.75 Å². The molecule has 0 aliphatic carbocycles. The first-order valence-corrected chi connectivity index (χ1v) is 12.1. The molecule has 1 unspecified atom stereocenters. The fourth-order valence-corrected chi connectivity index (χ4v) is 4.60. The summed E-state index contributed by atoms with van der Waals surface area (Å²) in [5.41, 5.74) is 6.73. The molecule has 6 heteroatoms. The fourth-order valence-electron chi connectivity index (χ4n) is 4.43. The Kier molecular flexibility index (Phi) is 7.98. The number of halogens is 1. The van der Waals surface area contributed by atoms with Gasteiger partial charge < -0.3 is 9.47 Å². The maximum Gasteiger partial charge on any atom is 0.337 e. The van der Waals surface area contributed by atoms with Crippen LogP contribution < -0.4 is 4.74 Å². The maximum absolute atomic E-state index is 12.0. The highest BCUT2D eigenvalue weighted by molar-refractivity contribution is 6.31. The van der Waals surface area contributed by atoms with Crippen molar-refractivity contribution in [3.63, 3.8) is 0 Å². The predicted octanol–water partition coefficient (Wildman–Crippen LogP) is 6.89. The number of methoxy groups -OCH3 is 2. The number of fused-ring (bicyclic) bond motifs is 1. The average Bonchev–Trinajstić information content (AvgIpc) is 2.88. The molecule has 0 saturated carbocycles. The molecule has 0 saturated heterocycles. The SMILES string of the molecule is COC(=O)c1ccc(OC)c(CCCC2=NC(c3cccnc3)=CCC(C)c3ccc(Cl)cc32)c1. The number of hydrogen-bond donors (Lipinski definition) is 0. The minimum Gasteiger partial charge on any atom is -0.496 e. The molecule has 1 aliphatic rings. The average molecular weight is 489 g/mol. The summed E-state index contributed by atoms with van der Waals surface area (Å²) >= 11 is 6.43. The van der Waals surface area contributed by atoms with Gasteiger partial charge in [-0.1, -0.05) is 30.7 Å². The molecular formula is C29H29ClN2O3. The Morgan fingerprint density at radius 2 is 1.97 bits per heavy atom. The van der Waals surface area contributed by atoms with Crippen LogP contribution in [0, 0.1) is 0 Å². The second-order valence-corrected chi connectivity index (χ2v) is 9.07. The molecule has 4 rings (SSSR count). The van der Waals surface area contributed by atoms with Crippen molar-refractivity contribution in [1.82, 2.24) is 4.98 Å². The monoisotopic (exact) mass is 488 g/mol. The molecule has 0 bridgehead atoms. The second-order valence-electron chi connectivity index (χ2n) is 8.63. The molecule has 1 aliphatic heterocycles. The summed E-state index contributed by atoms with van der Waals surface area (Å²) in [6, 6.07) is 15.4. The number of aromatic nitrogens is 1. The Labute approximate surface area is 211 Å². The number of benzene rings is 2. The maximum atomic E-state index is 12.0. The van der Waals surface area contributed by atoms with Gasteiger partial charge in [0.05, 0.1) is 25.5 Å². The predicted molar refractivity (Wildman–Crippen MR) is 141 cm³/mol. The van der Waals surface area contributed by atoms with Gasteiger partial charge in [-0.15, -0.1) is 0 Å². The van der Waals surface area contributed by atoms with E-state index in [0.29, 0.717) is 16.5 Å². The third kappa shape index (κ3) is 5.80. The molecule has 1 aromatic heterocycles. The van der Waals surface area contributed by atoms with Gasteiger partial charge in [-0.2, -0.15) is 0 Å². The molecule has 3 aromatic rings. The number of allylic oxidation sites excluding steroid dienone is 1. The molecule has 0 fully saturated rings. The Balaban J connectivity index is 1.66. The van der Waals surface area contributed by atoms with Gasteiger partial charge in [0, 0.05) is 34.3 Å². The van der Waals surface area contributed by atoms with E-state index >= 15 is 0 Å². The van der Waals surface area contributed by atoms with Gasteiger partial charge in [0.2, 0.25) is 0 Å². The van der Waals surface area contributed by atoms with E-state index in [1.165, 1.54) is 12.7 Å². The van der Waals surface area contributed by atoms with Crippen molar-refractivity contribution < 1.29 is 14.3 Å². The summed E-state index contributed by atoms with van der Waals surface area (Å²) in [6.45, 7) is 2.23. The first-order valence-electron chi connectivity index (χ1n) is 11.7. The van der Waals surface area contributed by atoms with Crippen LogP contribution in [-0.4, -0.2) is 30.9 Å². The van der Waals surface area contributed by atoms with Crippen LogP contribution in [0.5, 0.6) is 5.75 Å². The summed E-state index contributed by atoms with van der Waals surface area (Å²) < 4.78 is 10.4. The van der Waals surface area contributed by atoms with E-state index in [-0.39, 0.29) is 5.97 Å². The van der Waals surface area contributed by atoms with E-state index in [1.807, 2.05) is 42.6 Å². The van der Waals surface area contributed by atoms with Crippen molar-refractivity contribution in [1.29, 1.82) is 0 Å². The zero-order chi connectivity index (χ0) is 24.8. The number of carbonyl (C=O) groups excluding carboxylic acids is 1. The van der Waals surface area contributed by atoms with Gasteiger partial charge in [-0.25, -0.2) is 4.79 Å². The number of aryl methyl sites for hydroxylation is 1. The quantitative estimate of drug-likeness (QED) is 0.340. The number of esters is 1. The highest BCUT2D eigenvalue weighted by atomic mass is 35.5. The molecule has 0 N–H and O–H groups in total. The molecule has 2 heterocycles. The van der Waals surface area contributed by atoms with Crippen molar-refractivity contribution in [2.75, 3.05) is 14.2 Å². The minimum absolute atomic E-state index is 0.330. The number of rotatable bonds is 7. The zero-order valence-corrected chi connectivity index (χ0v) is 21.0. The summed E-state index contributed by atoms with van der Waals surface area (Å²) in [7, 11) is 3.02. The summed E-state index contributed by atoms with van der Waals surface area (Å²) in [4.78, 5) is 21.4. The topological polar surface area (TPSA) is 60.8 Å². The number of aliphatic imine (C=N–C) groups is 1. The summed E-state index contributed by atoms with van der Waals surface area (Å²) in [6.07, 6.45) is 8.98. The molecule has 5 nitrogen and oxygen atoms in total. The standard InChI is InChI=1S/C29H29ClN2O3/c1-19-9-13-26(22-7-5-15-31-18-22)32-27(25-17-23(30)11-12-24(19)25)8-4-6-20-16-21(29(33)35-3)10-14-28(20)34-2/h5,7,10-19H,4,6,8-9H2,1-3H3. The number of ether oxygens (including phenoxy) is 2. The van der Waals surface area contributed by atoms with E-state index in [4.69, 9.17) is 26.1 Å². The Morgan fingerprint density at radius 1 is 1.11 bits per heavy atom. The Bertz CT molecular complexity index is 1270. The molecule has 0 radical (unpaired) electrons. The third-order valence-electron chi connectivity index (χ3n) is 6.30. The first kappa shape index (κ1) is 24.7. The Morgan fingerprint density at radius 3 is 2.71 bits per heavy atom. The van der Waals surface area contributed by atoms with Gasteiger partial charge >= 0.3 is 5.97 Å². The van der Waals surface area contributed by atoms with Crippen LogP contribution in [0.25, 0.3) is 5.70 Å². The van der Waals surface area contributed by atoms with E-state index in [1.54, 1.807) is 19.4 Å². The van der Waals surface area contributed by atoms with Gasteiger partial charge in [0.15, 0.2) is 0 Å². The molecule has 35 heavy (non-hydrogen) atoms. The van der Waals surface area contributed by atoms with Gasteiger partial charge in [0.1, 0.15) is 5.75 Å². The lowest BCUT2D eigenvalue weighted by Crippen LogP contribution is -2.11. The van der Waals surface area contributed by atoms with E-state index < -0.39 is 0 Å². The van der Waals surface area contributed by atoms with Crippen LogP contribution >= 0.6 is 11.6 Å². The third-order valence-corrected chi connectivity index (χ3v) is 6.53. The number of nitrogens with zero attached hydrogens (tertiary/aromatic N) is 2. The molecule has 1 atom stereocenters. The van der Waals surface area contributed by atoms with Crippen LogP contribution in [0.3, 0.4) is 0 Å². The Hall–Kier alpha value is -3.44. The lowest BCUT2D eigenvalue weighted by molar-refractivity contribution is 0.0600. The van der Waals surface area contributed by atoms with Crippen molar-refractivity contribution in [3.05, 3.63) is 99.8 Å². The highest BCUT2D eigenvalue weighted by Gasteiger charge is 2.19. The minimum atomic E-state index is -0.359. The van der Waals surface area contributed by atoms with Crippen LogP contribution in [0.2, 0.25) is 5.02 Å². The number of pyridine rings is 1. The molecule has 2 aromatic carbocycles. The van der Waals surface area contributed by atoms with Gasteiger partial charge in [-0.05, 0) is 85.2 Å². The summed E-state index contributed by atoms with van der Waals surface area (Å²) in [5, 5.41) is 0.698. The lowest BCUT2D eigenvalue weighted by Gasteiger charge is -2.21. The van der Waals surface area contributed by atoms with Crippen molar-refractivity contribution >= 4 is 29.0 Å². The molecular weight excluding hydrogens is 460 g/mol. The number of carbonyl (C=O) groups is 1. The molecule has 0 spiro atoms. The zero-order valence-electron chi connectivity index (χ0n) is 20.3. The smallest absolute Gasteiger partial charge is 0.337 e. The van der Waals surface area contributed by atoms with Gasteiger partial charge in [0.25, 0.3) is 0 Å². The largest absolute Gasteiger partial charge is 0.496 e. The molecule has 0 amide bonds. The molecule has 180 valence electrons. The number of hydrogen-bond acceptors (Lipinski definition) is 5. The summed E-state index contributed by atoms with van der Waals surface area (Å²) in [5.74, 6) is 0.726. The first-order chi connectivity index (χ1) is 17.0. The van der Waals surface area contributed by atoms with Crippen LogP contribution in [0.15, 0.2) is 72.0 Å². The van der Waals surface area contributed by atoms with Crippen molar-refractivity contribution in [2.24, 2.45) is 4.99 Å². The van der Waals surface area contributed by atoms with Crippen LogP contribution in [0.1, 0.15) is 64.7 Å². The lowest BCUT2D eigenvalue weighted by atomic mass is 9.87. The second kappa shape index (κ2) is 11.3. The van der Waals surface area contributed by atoms with E-state index in [0.717, 1.165) is 59.5 Å². The van der Waals surface area contributed by atoms with E-state index in [2.05, 4.69) is 24.1 Å². The van der Waals surface area contributed by atoms with Crippen LogP contribution in [-0.2, 0) is 11.2 Å².